The van der Waals surface area contributed by atoms with E-state index in [1.165, 1.54) is 64.5 Å². The van der Waals surface area contributed by atoms with Crippen LogP contribution in [0.2, 0.25) is 0 Å². The van der Waals surface area contributed by atoms with E-state index in [4.69, 9.17) is 11.6 Å². The Bertz CT molecular complexity index is 311. The van der Waals surface area contributed by atoms with Crippen molar-refractivity contribution in [3.63, 3.8) is 0 Å². The minimum absolute atomic E-state index is 0.399. The molecule has 3 aliphatic heterocycles. The van der Waals surface area contributed by atoms with Crippen molar-refractivity contribution < 1.29 is 0 Å². The van der Waals surface area contributed by atoms with Gasteiger partial charge in [-0.05, 0) is 51.6 Å². The second kappa shape index (κ2) is 6.28. The first kappa shape index (κ1) is 14.7. The molecule has 0 spiro atoms. The highest BCUT2D eigenvalue weighted by Gasteiger charge is 2.48. The molecule has 2 unspecified atom stereocenters. The van der Waals surface area contributed by atoms with Gasteiger partial charge in [-0.15, -0.1) is 0 Å². The molecule has 5 heteroatoms. The molecule has 3 fully saturated rings. The van der Waals surface area contributed by atoms with Gasteiger partial charge >= 0.3 is 0 Å². The Morgan fingerprint density at radius 3 is 2.05 bits per heavy atom. The van der Waals surface area contributed by atoms with E-state index >= 15 is 0 Å². The first-order chi connectivity index (χ1) is 9.73. The molecule has 0 bridgehead atoms. The number of nitrogens with zero attached hydrogens (tertiary/aromatic N) is 3. The maximum Gasteiger partial charge on any atom is 0.154 e. The Morgan fingerprint density at radius 2 is 1.35 bits per heavy atom. The van der Waals surface area contributed by atoms with E-state index in [9.17, 15) is 0 Å². The summed E-state index contributed by atoms with van der Waals surface area (Å²) in [6.07, 6.45) is 10.1. The third-order valence-corrected chi connectivity index (χ3v) is 5.52. The zero-order valence-electron chi connectivity index (χ0n) is 12.8. The topological polar surface area (TPSA) is 61.8 Å². The molecule has 3 saturated heterocycles. The van der Waals surface area contributed by atoms with E-state index in [0.29, 0.717) is 6.04 Å². The fraction of sp³-hybridized carbons (Fsp3) is 1.00. The van der Waals surface area contributed by atoms with Gasteiger partial charge in [-0.1, -0.05) is 12.8 Å². The van der Waals surface area contributed by atoms with Crippen molar-refractivity contribution in [1.82, 2.24) is 14.8 Å². The number of nitrogens with two attached hydrogens (primary N) is 2. The molecule has 0 aromatic rings. The van der Waals surface area contributed by atoms with Crippen LogP contribution in [0.5, 0.6) is 0 Å². The average molecular weight is 281 g/mol. The van der Waals surface area contributed by atoms with Crippen LogP contribution in [0.3, 0.4) is 0 Å². The van der Waals surface area contributed by atoms with Crippen LogP contribution in [-0.4, -0.2) is 59.4 Å². The summed E-state index contributed by atoms with van der Waals surface area (Å²) in [5, 5.41) is 1.97. The molecule has 3 heterocycles. The molecule has 0 radical (unpaired) electrons. The van der Waals surface area contributed by atoms with Crippen LogP contribution >= 0.6 is 0 Å². The van der Waals surface area contributed by atoms with Crippen molar-refractivity contribution in [1.29, 1.82) is 0 Å². The van der Waals surface area contributed by atoms with Crippen LogP contribution in [-0.2, 0) is 0 Å². The summed E-state index contributed by atoms with van der Waals surface area (Å²) >= 11 is 0. The largest absolute Gasteiger partial charge is 0.298 e. The van der Waals surface area contributed by atoms with E-state index in [0.717, 1.165) is 19.6 Å². The highest BCUT2D eigenvalue weighted by atomic mass is 15.6. The summed E-state index contributed by atoms with van der Waals surface area (Å²) in [5.41, 5.74) is 6.99. The van der Waals surface area contributed by atoms with Crippen LogP contribution in [0.4, 0.5) is 0 Å². The summed E-state index contributed by atoms with van der Waals surface area (Å²) in [4.78, 5) is 5.09. The molecule has 0 aliphatic carbocycles. The van der Waals surface area contributed by atoms with Crippen molar-refractivity contribution in [2.45, 2.75) is 63.2 Å². The van der Waals surface area contributed by atoms with Crippen molar-refractivity contribution in [2.75, 3.05) is 32.7 Å². The van der Waals surface area contributed by atoms with Crippen LogP contribution in [0, 0.1) is 0 Å². The normalized spacial score (nSPS) is 39.0. The number of hydrogen-bond donors (Lipinski definition) is 2. The van der Waals surface area contributed by atoms with Gasteiger partial charge in [0, 0.05) is 19.6 Å². The molecule has 5 nitrogen and oxygen atoms in total. The van der Waals surface area contributed by atoms with Gasteiger partial charge in [0.25, 0.3) is 0 Å². The maximum atomic E-state index is 6.99. The Balaban J connectivity index is 1.85. The molecule has 2 atom stereocenters. The van der Waals surface area contributed by atoms with E-state index in [-0.39, 0.29) is 0 Å². The molecule has 0 aromatic heterocycles. The zero-order valence-corrected chi connectivity index (χ0v) is 12.8. The second-order valence-corrected chi connectivity index (χ2v) is 6.78. The molecule has 4 N–H and O–H groups in total. The van der Waals surface area contributed by atoms with Crippen LogP contribution in [0.25, 0.3) is 0 Å². The quantitative estimate of drug-likeness (QED) is 0.737. The van der Waals surface area contributed by atoms with Gasteiger partial charge in [0.15, 0.2) is 5.79 Å². The molecule has 0 saturated carbocycles. The minimum Gasteiger partial charge on any atom is -0.298 e. The van der Waals surface area contributed by atoms with Crippen molar-refractivity contribution >= 4 is 0 Å². The van der Waals surface area contributed by atoms with Crippen LogP contribution < -0.4 is 11.6 Å². The van der Waals surface area contributed by atoms with Gasteiger partial charge in [-0.2, -0.15) is 0 Å². The lowest BCUT2D eigenvalue weighted by atomic mass is 9.98. The van der Waals surface area contributed by atoms with Crippen LogP contribution in [0.15, 0.2) is 0 Å². The monoisotopic (exact) mass is 281 g/mol. The molecule has 0 amide bonds. The fourth-order valence-electron chi connectivity index (χ4n) is 4.35. The lowest BCUT2D eigenvalue weighted by Gasteiger charge is -2.53. The number of hydrazine groups is 1. The number of hydrogen-bond acceptors (Lipinski definition) is 5. The SMILES string of the molecule is NN1CCCCC(N2CCCC2)C1(N)N1CCCCC1. The van der Waals surface area contributed by atoms with Crippen molar-refractivity contribution in [2.24, 2.45) is 11.6 Å². The highest BCUT2D eigenvalue weighted by Crippen LogP contribution is 2.32. The highest BCUT2D eigenvalue weighted by molar-refractivity contribution is 4.98. The second-order valence-electron chi connectivity index (χ2n) is 6.78. The van der Waals surface area contributed by atoms with E-state index in [2.05, 4.69) is 9.80 Å². The van der Waals surface area contributed by atoms with Gasteiger partial charge in [0.1, 0.15) is 0 Å². The summed E-state index contributed by atoms with van der Waals surface area (Å²) in [6, 6.07) is 0.399. The Hall–Kier alpha value is -0.200. The smallest absolute Gasteiger partial charge is 0.154 e. The molecule has 116 valence electrons. The van der Waals surface area contributed by atoms with Crippen LogP contribution in [0.1, 0.15) is 51.4 Å². The predicted octanol–water partition coefficient (Wildman–Crippen LogP) is 0.909. The maximum absolute atomic E-state index is 6.99. The van der Waals surface area contributed by atoms with Gasteiger partial charge in [-0.25, -0.2) is 5.01 Å². The summed E-state index contributed by atoms with van der Waals surface area (Å²) < 4.78 is 0. The third-order valence-electron chi connectivity index (χ3n) is 5.52. The Kier molecular flexibility index (Phi) is 4.62. The Morgan fingerprint density at radius 1 is 0.750 bits per heavy atom. The van der Waals surface area contributed by atoms with E-state index in [1.54, 1.807) is 0 Å². The number of rotatable bonds is 2. The van der Waals surface area contributed by atoms with Gasteiger partial charge in [0.05, 0.1) is 6.04 Å². The van der Waals surface area contributed by atoms with E-state index in [1.807, 2.05) is 5.01 Å². The van der Waals surface area contributed by atoms with Gasteiger partial charge in [-0.3, -0.25) is 21.4 Å². The first-order valence-corrected chi connectivity index (χ1v) is 8.53. The minimum atomic E-state index is -0.457. The first-order valence-electron chi connectivity index (χ1n) is 8.53. The summed E-state index contributed by atoms with van der Waals surface area (Å²) in [7, 11) is 0. The van der Waals surface area contributed by atoms with Crippen molar-refractivity contribution in [3.8, 4) is 0 Å². The standard InChI is InChI=1S/C15H31N5/c16-15(19-11-3-1-4-12-19)14(18-9-6-7-10-18)8-2-5-13-20(15)17/h14H,1-13,16-17H2. The predicted molar refractivity (Wildman–Crippen MR) is 81.7 cm³/mol. The lowest BCUT2D eigenvalue weighted by molar-refractivity contribution is -0.113. The Labute approximate surface area is 123 Å². The molecule has 3 aliphatic rings. The molecule has 3 rings (SSSR count). The molecular formula is C15H31N5. The molecular weight excluding hydrogens is 250 g/mol. The molecule has 0 aromatic carbocycles. The molecule has 20 heavy (non-hydrogen) atoms. The van der Waals surface area contributed by atoms with Gasteiger partial charge < -0.3 is 0 Å². The average Bonchev–Trinajstić information content (AvgIpc) is 2.96. The van der Waals surface area contributed by atoms with Gasteiger partial charge in [0.2, 0.25) is 0 Å². The number of piperidine rings is 1. The zero-order chi connectivity index (χ0) is 14.0. The summed E-state index contributed by atoms with van der Waals surface area (Å²) in [6.45, 7) is 5.54. The number of likely N-dealkylation sites (tertiary alicyclic amines) is 2. The summed E-state index contributed by atoms with van der Waals surface area (Å²) in [5.74, 6) is 5.99. The van der Waals surface area contributed by atoms with Crippen molar-refractivity contribution in [3.05, 3.63) is 0 Å². The fourth-order valence-corrected chi connectivity index (χ4v) is 4.35. The lowest BCUT2D eigenvalue weighted by Crippen LogP contribution is -2.77. The third kappa shape index (κ3) is 2.62. The van der Waals surface area contributed by atoms with E-state index < -0.39 is 5.79 Å².